The highest BCUT2D eigenvalue weighted by molar-refractivity contribution is 5.93. The molecule has 6 nitrogen and oxygen atoms in total. The van der Waals surface area contributed by atoms with Crippen LogP contribution in [0.3, 0.4) is 0 Å². The van der Waals surface area contributed by atoms with Crippen molar-refractivity contribution in [3.63, 3.8) is 0 Å². The molecule has 2 N–H and O–H groups in total. The number of nitrogens with zero attached hydrogens (tertiary/aromatic N) is 2. The van der Waals surface area contributed by atoms with Crippen molar-refractivity contribution in [1.29, 1.82) is 0 Å². The number of alkyl halides is 4. The summed E-state index contributed by atoms with van der Waals surface area (Å²) in [5, 5.41) is 2.53. The summed E-state index contributed by atoms with van der Waals surface area (Å²) < 4.78 is 71.7. The van der Waals surface area contributed by atoms with Crippen LogP contribution in [0.2, 0.25) is 0 Å². The van der Waals surface area contributed by atoms with Crippen molar-refractivity contribution in [2.45, 2.75) is 37.1 Å². The molecule has 1 saturated heterocycles. The van der Waals surface area contributed by atoms with Gasteiger partial charge < -0.3 is 10.3 Å². The van der Waals surface area contributed by atoms with Crippen LogP contribution in [0, 0.1) is 5.82 Å². The molecule has 1 unspecified atom stereocenters. The van der Waals surface area contributed by atoms with Crippen molar-refractivity contribution in [3.8, 4) is 0 Å². The van der Waals surface area contributed by atoms with E-state index in [1.165, 1.54) is 24.4 Å². The molecule has 3 aromatic rings. The first-order valence-electron chi connectivity index (χ1n) is 11.2. The third kappa shape index (κ3) is 5.30. The van der Waals surface area contributed by atoms with Gasteiger partial charge in [-0.05, 0) is 48.9 Å². The maximum atomic E-state index is 14.7. The van der Waals surface area contributed by atoms with Gasteiger partial charge in [0.2, 0.25) is 11.5 Å². The van der Waals surface area contributed by atoms with E-state index in [1.807, 2.05) is 0 Å². The number of halogens is 5. The molecule has 36 heavy (non-hydrogen) atoms. The molecule has 11 heteroatoms. The second-order valence-corrected chi connectivity index (χ2v) is 8.72. The summed E-state index contributed by atoms with van der Waals surface area (Å²) in [7, 11) is 0. The van der Waals surface area contributed by atoms with Crippen LogP contribution in [-0.4, -0.2) is 45.8 Å². The molecule has 0 radical (unpaired) electrons. The summed E-state index contributed by atoms with van der Waals surface area (Å²) >= 11 is 0. The highest BCUT2D eigenvalue weighted by Crippen LogP contribution is 2.40. The normalized spacial score (nSPS) is 19.0. The van der Waals surface area contributed by atoms with Gasteiger partial charge >= 0.3 is 0 Å². The number of rotatable bonds is 6. The highest BCUT2D eigenvalue weighted by Gasteiger charge is 2.46. The molecule has 0 aliphatic carbocycles. The first-order valence-corrected chi connectivity index (χ1v) is 11.2. The third-order valence-electron chi connectivity index (χ3n) is 6.38. The maximum absolute atomic E-state index is 14.7. The van der Waals surface area contributed by atoms with Gasteiger partial charge in [0.1, 0.15) is 11.6 Å². The number of hydrogen-bond donors (Lipinski definition) is 2. The zero-order valence-corrected chi connectivity index (χ0v) is 19.2. The average molecular weight is 506 g/mol. The van der Waals surface area contributed by atoms with E-state index in [4.69, 9.17) is 0 Å². The molecule has 0 spiro atoms. The standard InChI is InChI=1S/C25H23F5N4O2/c1-15(34-11-10-24(27,28)20(14-34)16-2-9-22(35)32-12-16)23(36)33-21-8-5-18(13-31-21)25(29,30)17-3-6-19(26)7-4-17/h2-9,12-13,15,20H,10-11,14H2,1H3,(H,32,35)(H,31,33,36)/t15?,20-/m1/s1. The van der Waals surface area contributed by atoms with Crippen molar-refractivity contribution < 1.29 is 26.7 Å². The van der Waals surface area contributed by atoms with Crippen molar-refractivity contribution in [2.75, 3.05) is 18.4 Å². The Morgan fingerprint density at radius 1 is 1.14 bits per heavy atom. The number of aromatic amines is 1. The van der Waals surface area contributed by atoms with Gasteiger partial charge in [0.05, 0.1) is 12.0 Å². The average Bonchev–Trinajstić information content (AvgIpc) is 2.85. The van der Waals surface area contributed by atoms with Gasteiger partial charge in [-0.1, -0.05) is 6.07 Å². The molecule has 2 atom stereocenters. The predicted octanol–water partition coefficient (Wildman–Crippen LogP) is 4.50. The van der Waals surface area contributed by atoms with E-state index in [1.54, 1.807) is 11.8 Å². The number of pyridine rings is 2. The molecule has 3 heterocycles. The lowest BCUT2D eigenvalue weighted by atomic mass is 9.87. The summed E-state index contributed by atoms with van der Waals surface area (Å²) in [6.45, 7) is 1.40. The molecule has 4 rings (SSSR count). The van der Waals surface area contributed by atoms with Gasteiger partial charge in [-0.2, -0.15) is 8.78 Å². The van der Waals surface area contributed by atoms with Crippen molar-refractivity contribution in [2.24, 2.45) is 0 Å². The lowest BCUT2D eigenvalue weighted by Gasteiger charge is -2.40. The number of H-pyrrole nitrogens is 1. The largest absolute Gasteiger partial charge is 0.329 e. The van der Waals surface area contributed by atoms with E-state index in [9.17, 15) is 31.5 Å². The topological polar surface area (TPSA) is 78.1 Å². The van der Waals surface area contributed by atoms with Crippen LogP contribution in [-0.2, 0) is 10.7 Å². The number of carbonyl (C=O) groups excluding carboxylic acids is 1. The smallest absolute Gasteiger partial charge is 0.299 e. The summed E-state index contributed by atoms with van der Waals surface area (Å²) in [6, 6.07) is 7.86. The minimum atomic E-state index is -3.42. The Balaban J connectivity index is 1.43. The van der Waals surface area contributed by atoms with Crippen LogP contribution in [0.5, 0.6) is 0 Å². The number of piperidine rings is 1. The number of aromatic nitrogens is 2. The number of hydrogen-bond acceptors (Lipinski definition) is 4. The van der Waals surface area contributed by atoms with Crippen LogP contribution in [0.1, 0.15) is 36.0 Å². The molecule has 0 saturated carbocycles. The molecule has 1 aliphatic rings. The Morgan fingerprint density at radius 3 is 2.44 bits per heavy atom. The molecule has 2 aromatic heterocycles. The number of nitrogens with one attached hydrogen (secondary N) is 2. The summed E-state index contributed by atoms with van der Waals surface area (Å²) in [5.74, 6) is -8.81. The monoisotopic (exact) mass is 506 g/mol. The van der Waals surface area contributed by atoms with E-state index in [-0.39, 0.29) is 24.5 Å². The van der Waals surface area contributed by atoms with E-state index in [0.717, 1.165) is 36.5 Å². The first kappa shape index (κ1) is 25.5. The molecule has 0 bridgehead atoms. The Kier molecular flexibility index (Phi) is 6.94. The zero-order chi connectivity index (χ0) is 26.1. The molecule has 1 aliphatic heterocycles. The fraction of sp³-hybridized carbons (Fsp3) is 0.320. The lowest BCUT2D eigenvalue weighted by Crippen LogP contribution is -2.52. The summed E-state index contributed by atoms with van der Waals surface area (Å²) in [6.07, 6.45) is 1.69. The quantitative estimate of drug-likeness (QED) is 0.483. The molecular formula is C25H23F5N4O2. The van der Waals surface area contributed by atoms with Gasteiger partial charge in [-0.3, -0.25) is 14.5 Å². The Hall–Kier alpha value is -3.60. The van der Waals surface area contributed by atoms with Crippen LogP contribution < -0.4 is 10.9 Å². The minimum absolute atomic E-state index is 0.0185. The Morgan fingerprint density at radius 2 is 1.83 bits per heavy atom. The second-order valence-electron chi connectivity index (χ2n) is 8.72. The van der Waals surface area contributed by atoms with E-state index < -0.39 is 58.6 Å². The van der Waals surface area contributed by atoms with E-state index >= 15 is 0 Å². The summed E-state index contributed by atoms with van der Waals surface area (Å²) in [5.41, 5.74) is -0.995. The highest BCUT2D eigenvalue weighted by atomic mass is 19.3. The van der Waals surface area contributed by atoms with Crippen LogP contribution in [0.25, 0.3) is 0 Å². The SMILES string of the molecule is CC(C(=O)Nc1ccc(C(F)(F)c2ccc(F)cc2)cn1)N1CCC(F)(F)[C@@H](c2ccc(=O)[nH]c2)C1. The van der Waals surface area contributed by atoms with Gasteiger partial charge in [-0.15, -0.1) is 0 Å². The van der Waals surface area contributed by atoms with Crippen LogP contribution >= 0.6 is 0 Å². The minimum Gasteiger partial charge on any atom is -0.329 e. The number of amides is 1. The van der Waals surface area contributed by atoms with E-state index in [0.29, 0.717) is 0 Å². The third-order valence-corrected chi connectivity index (χ3v) is 6.38. The van der Waals surface area contributed by atoms with E-state index in [2.05, 4.69) is 15.3 Å². The van der Waals surface area contributed by atoms with Crippen LogP contribution in [0.4, 0.5) is 27.8 Å². The lowest BCUT2D eigenvalue weighted by molar-refractivity contribution is -0.125. The molecule has 1 fully saturated rings. The number of likely N-dealkylation sites (tertiary alicyclic amines) is 1. The summed E-state index contributed by atoms with van der Waals surface area (Å²) in [4.78, 5) is 32.0. The fourth-order valence-corrected chi connectivity index (χ4v) is 4.14. The molecule has 1 aromatic carbocycles. The fourth-order valence-electron chi connectivity index (χ4n) is 4.14. The molecular weight excluding hydrogens is 483 g/mol. The van der Waals surface area contributed by atoms with Crippen molar-refractivity contribution in [1.82, 2.24) is 14.9 Å². The predicted molar refractivity (Wildman–Crippen MR) is 123 cm³/mol. The second kappa shape index (κ2) is 9.81. The number of carbonyl (C=O) groups is 1. The van der Waals surface area contributed by atoms with Crippen LogP contribution in [0.15, 0.2) is 65.7 Å². The molecule has 1 amide bonds. The Labute approximate surface area is 203 Å². The maximum Gasteiger partial charge on any atom is 0.299 e. The van der Waals surface area contributed by atoms with Crippen molar-refractivity contribution in [3.05, 3.63) is 93.8 Å². The first-order chi connectivity index (χ1) is 17.0. The van der Waals surface area contributed by atoms with Gasteiger partial charge in [0.15, 0.2) is 0 Å². The molecule has 190 valence electrons. The van der Waals surface area contributed by atoms with Gasteiger partial charge in [0, 0.05) is 49.1 Å². The van der Waals surface area contributed by atoms with Gasteiger partial charge in [-0.25, -0.2) is 18.2 Å². The zero-order valence-electron chi connectivity index (χ0n) is 19.2. The number of anilines is 1. The van der Waals surface area contributed by atoms with Gasteiger partial charge in [0.25, 0.3) is 11.8 Å². The Bertz CT molecular complexity index is 1260. The number of benzene rings is 1. The van der Waals surface area contributed by atoms with Crippen molar-refractivity contribution >= 4 is 11.7 Å².